The number of hydrogen-bond acceptors (Lipinski definition) is 4. The zero-order valence-corrected chi connectivity index (χ0v) is 14.2. The van der Waals surface area contributed by atoms with Crippen molar-refractivity contribution in [2.45, 2.75) is 25.8 Å². The van der Waals surface area contributed by atoms with Gasteiger partial charge < -0.3 is 19.9 Å². The largest absolute Gasteiger partial charge is 0.508 e. The molecule has 24 heavy (non-hydrogen) atoms. The van der Waals surface area contributed by atoms with E-state index in [1.807, 2.05) is 37.3 Å². The molecule has 5 nitrogen and oxygen atoms in total. The van der Waals surface area contributed by atoms with E-state index in [0.717, 1.165) is 11.1 Å². The Bertz CT molecular complexity index is 700. The van der Waals surface area contributed by atoms with Crippen LogP contribution in [0.1, 0.15) is 30.5 Å². The Morgan fingerprint density at radius 3 is 2.58 bits per heavy atom. The summed E-state index contributed by atoms with van der Waals surface area (Å²) in [7, 11) is 3.19. The van der Waals surface area contributed by atoms with E-state index in [0.29, 0.717) is 24.3 Å². The van der Waals surface area contributed by atoms with Gasteiger partial charge in [-0.25, -0.2) is 0 Å². The van der Waals surface area contributed by atoms with Crippen LogP contribution in [-0.4, -0.2) is 25.2 Å². The molecule has 2 aromatic carbocycles. The monoisotopic (exact) mass is 329 g/mol. The highest BCUT2D eigenvalue weighted by Crippen LogP contribution is 2.29. The molecule has 1 amide bonds. The summed E-state index contributed by atoms with van der Waals surface area (Å²) in [5.74, 6) is 1.54. The van der Waals surface area contributed by atoms with Gasteiger partial charge in [-0.3, -0.25) is 4.79 Å². The number of carbonyl (C=O) groups is 1. The molecule has 0 aliphatic heterocycles. The van der Waals surface area contributed by atoms with E-state index in [1.54, 1.807) is 26.4 Å². The van der Waals surface area contributed by atoms with Crippen molar-refractivity contribution >= 4 is 5.91 Å². The molecule has 0 bridgehead atoms. The van der Waals surface area contributed by atoms with Crippen molar-refractivity contribution in [2.24, 2.45) is 0 Å². The van der Waals surface area contributed by atoms with E-state index in [4.69, 9.17) is 9.47 Å². The number of para-hydroxylation sites is 1. The van der Waals surface area contributed by atoms with Crippen LogP contribution in [0.25, 0.3) is 0 Å². The molecule has 0 fully saturated rings. The average Bonchev–Trinajstić information content (AvgIpc) is 2.60. The van der Waals surface area contributed by atoms with Crippen molar-refractivity contribution in [3.8, 4) is 17.2 Å². The van der Waals surface area contributed by atoms with Gasteiger partial charge in [0, 0.05) is 12.0 Å². The molecule has 2 rings (SSSR count). The minimum atomic E-state index is -0.216. The molecule has 128 valence electrons. The third kappa shape index (κ3) is 4.41. The molecule has 2 aromatic rings. The number of hydrogen-bond donors (Lipinski definition) is 2. The zero-order valence-electron chi connectivity index (χ0n) is 14.2. The van der Waals surface area contributed by atoms with Gasteiger partial charge in [-0.15, -0.1) is 0 Å². The van der Waals surface area contributed by atoms with Crippen molar-refractivity contribution in [3.63, 3.8) is 0 Å². The summed E-state index contributed by atoms with van der Waals surface area (Å²) in [5.41, 5.74) is 1.62. The quantitative estimate of drug-likeness (QED) is 0.818. The third-order valence-corrected chi connectivity index (χ3v) is 3.89. The number of amides is 1. The molecular formula is C19H23NO4. The highest BCUT2D eigenvalue weighted by atomic mass is 16.5. The van der Waals surface area contributed by atoms with Gasteiger partial charge in [-0.2, -0.15) is 0 Å². The molecule has 1 unspecified atom stereocenters. The highest BCUT2D eigenvalue weighted by Gasteiger charge is 2.15. The van der Waals surface area contributed by atoms with Crippen LogP contribution in [0.5, 0.6) is 17.2 Å². The summed E-state index contributed by atoms with van der Waals surface area (Å²) in [6, 6.07) is 12.3. The second kappa shape index (κ2) is 8.24. The summed E-state index contributed by atoms with van der Waals surface area (Å²) >= 11 is 0. The molecule has 5 heteroatoms. The molecule has 0 aliphatic carbocycles. The van der Waals surface area contributed by atoms with Gasteiger partial charge in [0.25, 0.3) is 0 Å². The van der Waals surface area contributed by atoms with Gasteiger partial charge in [-0.1, -0.05) is 18.2 Å². The molecule has 1 atom stereocenters. The van der Waals surface area contributed by atoms with Crippen LogP contribution in [0.15, 0.2) is 42.5 Å². The topological polar surface area (TPSA) is 67.8 Å². The fourth-order valence-corrected chi connectivity index (χ4v) is 2.54. The molecule has 2 N–H and O–H groups in total. The summed E-state index contributed by atoms with van der Waals surface area (Å²) in [5, 5.41) is 12.7. The number of phenols is 1. The Morgan fingerprint density at radius 1 is 1.17 bits per heavy atom. The molecule has 0 saturated carbocycles. The van der Waals surface area contributed by atoms with Gasteiger partial charge in [0.2, 0.25) is 5.91 Å². The van der Waals surface area contributed by atoms with Crippen molar-refractivity contribution in [1.82, 2.24) is 5.32 Å². The Hall–Kier alpha value is -2.69. The number of methoxy groups -OCH3 is 2. The predicted molar refractivity (Wildman–Crippen MR) is 92.5 cm³/mol. The van der Waals surface area contributed by atoms with Crippen molar-refractivity contribution < 1.29 is 19.4 Å². The predicted octanol–water partition coefficient (Wildman–Crippen LogP) is 3.22. The first-order valence-corrected chi connectivity index (χ1v) is 7.83. The summed E-state index contributed by atoms with van der Waals surface area (Å²) in [6.07, 6.45) is 0.786. The maximum atomic E-state index is 12.2. The number of nitrogens with one attached hydrogen (secondary N) is 1. The van der Waals surface area contributed by atoms with Crippen LogP contribution in [0.3, 0.4) is 0 Å². The zero-order chi connectivity index (χ0) is 17.5. The second-order valence-corrected chi connectivity index (χ2v) is 5.53. The fourth-order valence-electron chi connectivity index (χ4n) is 2.54. The minimum Gasteiger partial charge on any atom is -0.508 e. The average molecular weight is 329 g/mol. The van der Waals surface area contributed by atoms with Gasteiger partial charge >= 0.3 is 0 Å². The number of aromatic hydroxyl groups is 1. The number of benzene rings is 2. The Balaban J connectivity index is 2.00. The number of rotatable bonds is 7. The van der Waals surface area contributed by atoms with Crippen LogP contribution in [0.2, 0.25) is 0 Å². The van der Waals surface area contributed by atoms with Gasteiger partial charge in [0.1, 0.15) is 17.2 Å². The Kier molecular flexibility index (Phi) is 6.07. The maximum absolute atomic E-state index is 12.2. The molecule has 0 spiro atoms. The van der Waals surface area contributed by atoms with Crippen LogP contribution in [-0.2, 0) is 11.2 Å². The second-order valence-electron chi connectivity index (χ2n) is 5.53. The highest BCUT2D eigenvalue weighted by molar-refractivity contribution is 5.77. The molecule has 0 heterocycles. The SMILES string of the molecule is COc1ccc(OC)c(C(C)NC(=O)CCc2ccccc2O)c1. The van der Waals surface area contributed by atoms with Crippen LogP contribution in [0.4, 0.5) is 0 Å². The normalized spacial score (nSPS) is 11.6. The van der Waals surface area contributed by atoms with E-state index < -0.39 is 0 Å². The minimum absolute atomic E-state index is 0.0874. The van der Waals surface area contributed by atoms with E-state index in [1.165, 1.54) is 0 Å². The maximum Gasteiger partial charge on any atom is 0.220 e. The number of carbonyl (C=O) groups excluding carboxylic acids is 1. The van der Waals surface area contributed by atoms with Crippen LogP contribution >= 0.6 is 0 Å². The first-order valence-electron chi connectivity index (χ1n) is 7.83. The molecule has 0 aromatic heterocycles. The number of aryl methyl sites for hydroxylation is 1. The van der Waals surface area contributed by atoms with E-state index in [9.17, 15) is 9.90 Å². The molecule has 0 radical (unpaired) electrons. The molecule has 0 aliphatic rings. The lowest BCUT2D eigenvalue weighted by atomic mass is 10.1. The van der Waals surface area contributed by atoms with Gasteiger partial charge in [0.05, 0.1) is 20.3 Å². The first kappa shape index (κ1) is 17.7. The third-order valence-electron chi connectivity index (χ3n) is 3.89. The Labute approximate surface area is 142 Å². The van der Waals surface area contributed by atoms with Gasteiger partial charge in [-0.05, 0) is 43.2 Å². The van der Waals surface area contributed by atoms with E-state index >= 15 is 0 Å². The smallest absolute Gasteiger partial charge is 0.220 e. The van der Waals surface area contributed by atoms with Gasteiger partial charge in [0.15, 0.2) is 0 Å². The lowest BCUT2D eigenvalue weighted by Crippen LogP contribution is -2.27. The van der Waals surface area contributed by atoms with Crippen LogP contribution in [0, 0.1) is 0 Å². The van der Waals surface area contributed by atoms with Crippen molar-refractivity contribution in [1.29, 1.82) is 0 Å². The van der Waals surface area contributed by atoms with Crippen molar-refractivity contribution in [3.05, 3.63) is 53.6 Å². The van der Waals surface area contributed by atoms with Crippen LogP contribution < -0.4 is 14.8 Å². The summed E-state index contributed by atoms with van der Waals surface area (Å²) < 4.78 is 10.6. The molecular weight excluding hydrogens is 306 g/mol. The number of phenolic OH excluding ortho intramolecular Hbond substituents is 1. The number of ether oxygens (including phenoxy) is 2. The standard InChI is InChI=1S/C19H23NO4/c1-13(16-12-15(23-2)9-10-18(16)24-3)20-19(22)11-8-14-6-4-5-7-17(14)21/h4-7,9-10,12-13,21H,8,11H2,1-3H3,(H,20,22). The summed E-state index contributed by atoms with van der Waals surface area (Å²) in [4.78, 5) is 12.2. The Morgan fingerprint density at radius 2 is 1.92 bits per heavy atom. The van der Waals surface area contributed by atoms with Crippen molar-refractivity contribution in [2.75, 3.05) is 14.2 Å². The molecule has 0 saturated heterocycles. The lowest BCUT2D eigenvalue weighted by Gasteiger charge is -2.18. The summed E-state index contributed by atoms with van der Waals surface area (Å²) in [6.45, 7) is 1.90. The first-order chi connectivity index (χ1) is 11.5. The fraction of sp³-hybridized carbons (Fsp3) is 0.316. The lowest BCUT2D eigenvalue weighted by molar-refractivity contribution is -0.121. The van der Waals surface area contributed by atoms with E-state index in [-0.39, 0.29) is 17.7 Å². The van der Waals surface area contributed by atoms with E-state index in [2.05, 4.69) is 5.32 Å².